The number of benzene rings is 2. The van der Waals surface area contributed by atoms with Crippen LogP contribution in [0, 0.1) is 26.6 Å². The number of nitrogens with zero attached hydrogens (tertiary/aromatic N) is 3. The molecule has 0 saturated carbocycles. The Kier molecular flexibility index (Phi) is 5.86. The van der Waals surface area contributed by atoms with E-state index in [1.54, 1.807) is 32.2 Å². The number of ether oxygens (including phenoxy) is 1. The highest BCUT2D eigenvalue weighted by Gasteiger charge is 2.22. The molecule has 0 amide bonds. The van der Waals surface area contributed by atoms with Gasteiger partial charge in [-0.05, 0) is 45.4 Å². The number of fused-ring (bicyclic) bond motifs is 3. The van der Waals surface area contributed by atoms with E-state index in [0.29, 0.717) is 40.8 Å². The molecule has 35 heavy (non-hydrogen) atoms. The molecule has 180 valence electrons. The van der Waals surface area contributed by atoms with E-state index in [9.17, 15) is 9.50 Å². The fourth-order valence-corrected chi connectivity index (χ4v) is 4.63. The minimum absolute atomic E-state index is 0.109. The maximum atomic E-state index is 14.6. The lowest BCUT2D eigenvalue weighted by molar-refractivity contribution is 0.279. The van der Waals surface area contributed by atoms with Crippen molar-refractivity contribution in [2.75, 3.05) is 19.0 Å². The maximum Gasteiger partial charge on any atom is 0.144 e. The standard InChI is InChI=1S/C26H26FN5O3/c1-13-23(14(2)35-32-13)18-11-21-17(12-22(18)34-4)24-25(28-15(3)29-26(24)31-21)30-20(9-10-33)16-7-5-6-8-19(16)27/h5-8,11-12,20,33H,9-10H2,1-4H3,(H2,28,29,30,31). The molecule has 1 unspecified atom stereocenters. The molecule has 0 fully saturated rings. The SMILES string of the molecule is COc1cc2c(cc1-c1c(C)noc1C)[nH]c1nc(C)nc(NC(CCO)c3ccccc3F)c12. The zero-order valence-corrected chi connectivity index (χ0v) is 19.9. The molecule has 3 heterocycles. The number of methoxy groups -OCH3 is 1. The topological polar surface area (TPSA) is 109 Å². The van der Waals surface area contributed by atoms with Gasteiger partial charge in [-0.2, -0.15) is 0 Å². The third-order valence-corrected chi connectivity index (χ3v) is 6.19. The average Bonchev–Trinajstić information content (AvgIpc) is 3.36. The summed E-state index contributed by atoms with van der Waals surface area (Å²) in [6, 6.07) is 9.99. The molecule has 0 saturated heterocycles. The first kappa shape index (κ1) is 22.8. The summed E-state index contributed by atoms with van der Waals surface area (Å²) in [6.07, 6.45) is 0.313. The lowest BCUT2D eigenvalue weighted by Gasteiger charge is -2.20. The second kappa shape index (κ2) is 8.99. The van der Waals surface area contributed by atoms with Crippen molar-refractivity contribution in [3.63, 3.8) is 0 Å². The van der Waals surface area contributed by atoms with Crippen molar-refractivity contribution < 1.29 is 18.8 Å². The Bertz CT molecular complexity index is 1520. The van der Waals surface area contributed by atoms with Crippen LogP contribution >= 0.6 is 0 Å². The highest BCUT2D eigenvalue weighted by molar-refractivity contribution is 6.12. The van der Waals surface area contributed by atoms with E-state index < -0.39 is 6.04 Å². The van der Waals surface area contributed by atoms with Crippen LogP contribution in [0.25, 0.3) is 33.1 Å². The lowest BCUT2D eigenvalue weighted by atomic mass is 10.0. The molecule has 3 aromatic heterocycles. The fraction of sp³-hybridized carbons (Fsp3) is 0.269. The normalized spacial score (nSPS) is 12.4. The third kappa shape index (κ3) is 3.97. The highest BCUT2D eigenvalue weighted by Crippen LogP contribution is 2.41. The van der Waals surface area contributed by atoms with Crippen molar-refractivity contribution >= 4 is 27.8 Å². The van der Waals surface area contributed by atoms with Crippen LogP contribution in [0.2, 0.25) is 0 Å². The number of rotatable bonds is 7. The van der Waals surface area contributed by atoms with Crippen LogP contribution < -0.4 is 10.1 Å². The number of aromatic amines is 1. The van der Waals surface area contributed by atoms with E-state index >= 15 is 0 Å². The van der Waals surface area contributed by atoms with Gasteiger partial charge in [0.05, 0.1) is 29.8 Å². The van der Waals surface area contributed by atoms with Crippen molar-refractivity contribution in [1.82, 2.24) is 20.1 Å². The Labute approximate surface area is 201 Å². The van der Waals surface area contributed by atoms with Crippen molar-refractivity contribution in [2.24, 2.45) is 0 Å². The molecule has 0 aliphatic rings. The first-order valence-electron chi connectivity index (χ1n) is 11.3. The predicted molar refractivity (Wildman–Crippen MR) is 132 cm³/mol. The largest absolute Gasteiger partial charge is 0.496 e. The number of aryl methyl sites for hydroxylation is 3. The maximum absolute atomic E-state index is 14.6. The van der Waals surface area contributed by atoms with Gasteiger partial charge in [-0.1, -0.05) is 23.4 Å². The Hall–Kier alpha value is -3.98. The summed E-state index contributed by atoms with van der Waals surface area (Å²) < 4.78 is 25.7. The molecular formula is C26H26FN5O3. The minimum Gasteiger partial charge on any atom is -0.496 e. The smallest absolute Gasteiger partial charge is 0.144 e. The number of aromatic nitrogens is 4. The number of H-pyrrole nitrogens is 1. The molecule has 1 atom stereocenters. The predicted octanol–water partition coefficient (Wildman–Crippen LogP) is 5.37. The number of nitrogens with one attached hydrogen (secondary N) is 2. The Morgan fingerprint density at radius 2 is 1.97 bits per heavy atom. The van der Waals surface area contributed by atoms with Gasteiger partial charge >= 0.3 is 0 Å². The van der Waals surface area contributed by atoms with Gasteiger partial charge in [0, 0.05) is 28.6 Å². The van der Waals surface area contributed by atoms with E-state index in [1.165, 1.54) is 6.07 Å². The Morgan fingerprint density at radius 3 is 2.66 bits per heavy atom. The molecule has 0 spiro atoms. The van der Waals surface area contributed by atoms with Crippen LogP contribution in [0.4, 0.5) is 10.2 Å². The van der Waals surface area contributed by atoms with E-state index in [2.05, 4.69) is 25.4 Å². The summed E-state index contributed by atoms with van der Waals surface area (Å²) in [5, 5.41) is 18.7. The monoisotopic (exact) mass is 475 g/mol. The Morgan fingerprint density at radius 1 is 1.17 bits per heavy atom. The van der Waals surface area contributed by atoms with Gasteiger partial charge in [0.1, 0.15) is 34.6 Å². The molecule has 3 N–H and O–H groups in total. The van der Waals surface area contributed by atoms with Crippen molar-refractivity contribution in [3.8, 4) is 16.9 Å². The van der Waals surface area contributed by atoms with Crippen molar-refractivity contribution in [2.45, 2.75) is 33.2 Å². The summed E-state index contributed by atoms with van der Waals surface area (Å²) in [6.45, 7) is 5.45. The number of hydrogen-bond donors (Lipinski definition) is 3. The van der Waals surface area contributed by atoms with Crippen LogP contribution in [0.5, 0.6) is 5.75 Å². The number of halogens is 1. The van der Waals surface area contributed by atoms with Gasteiger partial charge in [0.25, 0.3) is 0 Å². The van der Waals surface area contributed by atoms with Gasteiger partial charge in [-0.15, -0.1) is 0 Å². The first-order chi connectivity index (χ1) is 16.9. The van der Waals surface area contributed by atoms with Crippen LogP contribution in [-0.4, -0.2) is 38.9 Å². The number of hydrogen-bond acceptors (Lipinski definition) is 7. The molecule has 8 nitrogen and oxygen atoms in total. The van der Waals surface area contributed by atoms with Gasteiger partial charge in [-0.3, -0.25) is 0 Å². The third-order valence-electron chi connectivity index (χ3n) is 6.19. The van der Waals surface area contributed by atoms with Crippen LogP contribution in [-0.2, 0) is 0 Å². The second-order valence-corrected chi connectivity index (χ2v) is 8.50. The average molecular weight is 476 g/mol. The minimum atomic E-state index is -0.480. The summed E-state index contributed by atoms with van der Waals surface area (Å²) in [5.74, 6) is 2.12. The number of aliphatic hydroxyl groups is 1. The fourth-order valence-electron chi connectivity index (χ4n) is 4.63. The number of anilines is 1. The van der Waals surface area contributed by atoms with E-state index in [1.807, 2.05) is 26.0 Å². The number of aliphatic hydroxyl groups excluding tert-OH is 1. The Balaban J connectivity index is 1.70. The van der Waals surface area contributed by atoms with Crippen molar-refractivity contribution in [3.05, 3.63) is 65.1 Å². The quantitative estimate of drug-likeness (QED) is 0.290. The highest BCUT2D eigenvalue weighted by atomic mass is 19.1. The summed E-state index contributed by atoms with van der Waals surface area (Å²) in [5.41, 5.74) is 4.44. The molecule has 0 radical (unpaired) electrons. The van der Waals surface area contributed by atoms with Crippen LogP contribution in [0.15, 0.2) is 40.9 Å². The molecular weight excluding hydrogens is 449 g/mol. The van der Waals surface area contributed by atoms with Crippen LogP contribution in [0.3, 0.4) is 0 Å². The van der Waals surface area contributed by atoms with Crippen LogP contribution in [0.1, 0.15) is 35.3 Å². The van der Waals surface area contributed by atoms with E-state index in [-0.39, 0.29) is 12.4 Å². The molecule has 5 rings (SSSR count). The van der Waals surface area contributed by atoms with Gasteiger partial charge in [-0.25, -0.2) is 14.4 Å². The summed E-state index contributed by atoms with van der Waals surface area (Å²) in [4.78, 5) is 12.6. The summed E-state index contributed by atoms with van der Waals surface area (Å²) in [7, 11) is 1.62. The molecule has 0 aliphatic carbocycles. The zero-order valence-electron chi connectivity index (χ0n) is 19.9. The first-order valence-corrected chi connectivity index (χ1v) is 11.3. The van der Waals surface area contributed by atoms with E-state index in [0.717, 1.165) is 33.1 Å². The van der Waals surface area contributed by atoms with E-state index in [4.69, 9.17) is 9.26 Å². The molecule has 5 aromatic rings. The van der Waals surface area contributed by atoms with Gasteiger partial charge < -0.3 is 24.7 Å². The lowest BCUT2D eigenvalue weighted by Crippen LogP contribution is -2.15. The molecule has 0 aliphatic heterocycles. The molecule has 9 heteroatoms. The molecule has 2 aromatic carbocycles. The molecule has 0 bridgehead atoms. The summed E-state index contributed by atoms with van der Waals surface area (Å²) >= 11 is 0. The second-order valence-electron chi connectivity index (χ2n) is 8.50. The van der Waals surface area contributed by atoms with Gasteiger partial charge in [0.15, 0.2) is 0 Å². The van der Waals surface area contributed by atoms with Gasteiger partial charge in [0.2, 0.25) is 0 Å². The zero-order chi connectivity index (χ0) is 24.7. The van der Waals surface area contributed by atoms with Crippen molar-refractivity contribution in [1.29, 1.82) is 0 Å².